The number of aromatic nitrogens is 2. The second kappa shape index (κ2) is 7.59. The molecule has 6 nitrogen and oxygen atoms in total. The third-order valence-electron chi connectivity index (χ3n) is 4.36. The summed E-state index contributed by atoms with van der Waals surface area (Å²) in [4.78, 5) is 16.2. The Balaban J connectivity index is 1.59. The number of hydrogen-bond donors (Lipinski definition) is 1. The molecule has 2 heterocycles. The van der Waals surface area contributed by atoms with Crippen LogP contribution in [-0.4, -0.2) is 63.4 Å². The third kappa shape index (κ3) is 4.21. The van der Waals surface area contributed by atoms with Crippen LogP contribution in [0.1, 0.15) is 18.4 Å². The Kier molecular flexibility index (Phi) is 5.27. The largest absolute Gasteiger partial charge is 0.392 e. The van der Waals surface area contributed by atoms with E-state index in [0.717, 1.165) is 30.6 Å². The lowest BCUT2D eigenvalue weighted by atomic mass is 10.1. The van der Waals surface area contributed by atoms with Crippen LogP contribution in [0.2, 0.25) is 0 Å². The number of hydrogen-bond acceptors (Lipinski definition) is 4. The molecule has 1 aliphatic rings. The van der Waals surface area contributed by atoms with Crippen molar-refractivity contribution in [2.75, 3.05) is 26.7 Å². The number of carbonyl (C=O) groups excluding carboxylic acids is 1. The minimum atomic E-state index is -0.303. The number of piperidine rings is 1. The van der Waals surface area contributed by atoms with E-state index in [2.05, 4.69) is 5.10 Å². The average molecular weight is 328 g/mol. The van der Waals surface area contributed by atoms with E-state index in [0.29, 0.717) is 19.6 Å². The lowest BCUT2D eigenvalue weighted by Gasteiger charge is -2.30. The van der Waals surface area contributed by atoms with Crippen LogP contribution in [0.25, 0.3) is 5.69 Å². The summed E-state index contributed by atoms with van der Waals surface area (Å²) in [6.45, 7) is 2.40. The Bertz CT molecular complexity index is 671. The van der Waals surface area contributed by atoms with Crippen LogP contribution in [0, 0.1) is 0 Å². The Morgan fingerprint density at radius 2 is 2.29 bits per heavy atom. The third-order valence-corrected chi connectivity index (χ3v) is 4.36. The smallest absolute Gasteiger partial charge is 0.236 e. The number of carbonyl (C=O) groups is 1. The number of likely N-dealkylation sites (tertiary alicyclic amines) is 1. The van der Waals surface area contributed by atoms with E-state index in [1.54, 1.807) is 15.8 Å². The molecule has 1 fully saturated rings. The molecule has 2 aromatic rings. The maximum Gasteiger partial charge on any atom is 0.236 e. The molecule has 1 amide bonds. The average Bonchev–Trinajstić information content (AvgIpc) is 3.09. The van der Waals surface area contributed by atoms with Crippen molar-refractivity contribution in [3.05, 3.63) is 48.3 Å². The summed E-state index contributed by atoms with van der Waals surface area (Å²) in [6, 6.07) is 9.91. The number of rotatable bonds is 5. The van der Waals surface area contributed by atoms with Crippen LogP contribution >= 0.6 is 0 Å². The fourth-order valence-corrected chi connectivity index (χ4v) is 3.07. The molecule has 24 heavy (non-hydrogen) atoms. The highest BCUT2D eigenvalue weighted by Crippen LogP contribution is 2.13. The first-order valence-corrected chi connectivity index (χ1v) is 8.35. The maximum atomic E-state index is 12.4. The van der Waals surface area contributed by atoms with Crippen molar-refractivity contribution < 1.29 is 9.90 Å². The standard InChI is InChI=1S/C18H24N4O2/c1-20(18(24)14-21-9-3-7-17(23)13-21)12-15-5-2-6-16(11-15)22-10-4-8-19-22/h2,4-6,8,10-11,17,23H,3,7,9,12-14H2,1H3. The topological polar surface area (TPSA) is 61.6 Å². The molecule has 1 saturated heterocycles. The zero-order chi connectivity index (χ0) is 16.9. The molecule has 0 saturated carbocycles. The monoisotopic (exact) mass is 328 g/mol. The molecule has 1 aliphatic heterocycles. The number of aliphatic hydroxyl groups excluding tert-OH is 1. The first kappa shape index (κ1) is 16.7. The van der Waals surface area contributed by atoms with Crippen molar-refractivity contribution in [1.29, 1.82) is 0 Å². The second-order valence-electron chi connectivity index (χ2n) is 6.40. The van der Waals surface area contributed by atoms with Gasteiger partial charge in [-0.2, -0.15) is 5.10 Å². The van der Waals surface area contributed by atoms with Crippen molar-refractivity contribution in [3.63, 3.8) is 0 Å². The predicted molar refractivity (Wildman–Crippen MR) is 91.7 cm³/mol. The molecular formula is C18H24N4O2. The van der Waals surface area contributed by atoms with Gasteiger partial charge in [-0.3, -0.25) is 9.69 Å². The molecule has 0 spiro atoms. The van der Waals surface area contributed by atoms with Crippen LogP contribution in [0.5, 0.6) is 0 Å². The molecule has 0 aliphatic carbocycles. The van der Waals surface area contributed by atoms with Crippen LogP contribution < -0.4 is 0 Å². The lowest BCUT2D eigenvalue weighted by molar-refractivity contribution is -0.132. The Morgan fingerprint density at radius 3 is 3.04 bits per heavy atom. The van der Waals surface area contributed by atoms with E-state index in [4.69, 9.17) is 0 Å². The van der Waals surface area contributed by atoms with E-state index in [-0.39, 0.29) is 12.0 Å². The minimum absolute atomic E-state index is 0.0774. The summed E-state index contributed by atoms with van der Waals surface area (Å²) in [7, 11) is 1.82. The highest BCUT2D eigenvalue weighted by Gasteiger charge is 2.21. The number of benzene rings is 1. The van der Waals surface area contributed by atoms with Crippen molar-refractivity contribution in [2.24, 2.45) is 0 Å². The summed E-state index contributed by atoms with van der Waals surface area (Å²) in [5.74, 6) is 0.0774. The fourth-order valence-electron chi connectivity index (χ4n) is 3.07. The summed E-state index contributed by atoms with van der Waals surface area (Å²) >= 11 is 0. The van der Waals surface area contributed by atoms with E-state index >= 15 is 0 Å². The molecule has 1 atom stereocenters. The number of nitrogens with zero attached hydrogens (tertiary/aromatic N) is 4. The van der Waals surface area contributed by atoms with Gasteiger partial charge in [-0.1, -0.05) is 12.1 Å². The van der Waals surface area contributed by atoms with Gasteiger partial charge in [0.1, 0.15) is 0 Å². The highest BCUT2D eigenvalue weighted by molar-refractivity contribution is 5.78. The van der Waals surface area contributed by atoms with Crippen LogP contribution in [0.4, 0.5) is 0 Å². The number of likely N-dealkylation sites (N-methyl/N-ethyl adjacent to an activating group) is 1. The summed E-state index contributed by atoms with van der Waals surface area (Å²) < 4.78 is 1.81. The first-order chi connectivity index (χ1) is 11.6. The molecule has 6 heteroatoms. The van der Waals surface area contributed by atoms with Crippen molar-refractivity contribution in [2.45, 2.75) is 25.5 Å². The van der Waals surface area contributed by atoms with Gasteiger partial charge in [-0.25, -0.2) is 4.68 Å². The summed E-state index contributed by atoms with van der Waals surface area (Å²) in [5, 5.41) is 13.9. The zero-order valence-electron chi connectivity index (χ0n) is 14.0. The van der Waals surface area contributed by atoms with E-state index < -0.39 is 0 Å². The molecular weight excluding hydrogens is 304 g/mol. The molecule has 1 aromatic heterocycles. The van der Waals surface area contributed by atoms with Gasteiger partial charge in [0, 0.05) is 32.5 Å². The summed E-state index contributed by atoms with van der Waals surface area (Å²) in [5.41, 5.74) is 2.05. The highest BCUT2D eigenvalue weighted by atomic mass is 16.3. The van der Waals surface area contributed by atoms with Gasteiger partial charge < -0.3 is 10.0 Å². The van der Waals surface area contributed by atoms with Gasteiger partial charge in [0.25, 0.3) is 0 Å². The lowest BCUT2D eigenvalue weighted by Crippen LogP contribution is -2.44. The molecule has 128 valence electrons. The van der Waals surface area contributed by atoms with Gasteiger partial charge in [0.2, 0.25) is 5.91 Å². The van der Waals surface area contributed by atoms with Crippen LogP contribution in [0.3, 0.4) is 0 Å². The molecule has 1 unspecified atom stereocenters. The number of amides is 1. The Hall–Kier alpha value is -2.18. The molecule has 0 radical (unpaired) electrons. The maximum absolute atomic E-state index is 12.4. The fraction of sp³-hybridized carbons (Fsp3) is 0.444. The van der Waals surface area contributed by atoms with Crippen molar-refractivity contribution >= 4 is 5.91 Å². The first-order valence-electron chi connectivity index (χ1n) is 8.35. The van der Waals surface area contributed by atoms with Crippen molar-refractivity contribution in [1.82, 2.24) is 19.6 Å². The van der Waals surface area contributed by atoms with Gasteiger partial charge in [0.05, 0.1) is 18.3 Å². The van der Waals surface area contributed by atoms with Gasteiger partial charge >= 0.3 is 0 Å². The molecule has 3 rings (SSSR count). The Morgan fingerprint density at radius 1 is 1.42 bits per heavy atom. The molecule has 1 aromatic carbocycles. The van der Waals surface area contributed by atoms with E-state index in [9.17, 15) is 9.90 Å². The number of β-amino-alcohol motifs (C(OH)–C–C–N with tert-alkyl or cyclic N) is 1. The Labute approximate surface area is 142 Å². The van der Waals surface area contributed by atoms with Crippen molar-refractivity contribution in [3.8, 4) is 5.69 Å². The van der Waals surface area contributed by atoms with Crippen LogP contribution in [-0.2, 0) is 11.3 Å². The molecule has 1 N–H and O–H groups in total. The van der Waals surface area contributed by atoms with E-state index in [1.807, 2.05) is 48.5 Å². The minimum Gasteiger partial charge on any atom is -0.392 e. The summed E-state index contributed by atoms with van der Waals surface area (Å²) in [6.07, 6.45) is 5.12. The molecule has 0 bridgehead atoms. The van der Waals surface area contributed by atoms with Crippen LogP contribution in [0.15, 0.2) is 42.7 Å². The second-order valence-corrected chi connectivity index (χ2v) is 6.40. The SMILES string of the molecule is CN(Cc1cccc(-n2cccn2)c1)C(=O)CN1CCCC(O)C1. The predicted octanol–water partition coefficient (Wildman–Crippen LogP) is 1.29. The van der Waals surface area contributed by atoms with Gasteiger partial charge in [-0.15, -0.1) is 0 Å². The normalized spacial score (nSPS) is 18.5. The number of aliphatic hydroxyl groups is 1. The zero-order valence-corrected chi connectivity index (χ0v) is 14.0. The quantitative estimate of drug-likeness (QED) is 0.898. The van der Waals surface area contributed by atoms with Gasteiger partial charge in [-0.05, 0) is 43.1 Å². The van der Waals surface area contributed by atoms with Gasteiger partial charge in [0.15, 0.2) is 0 Å². The van der Waals surface area contributed by atoms with E-state index in [1.165, 1.54) is 0 Å².